The van der Waals surface area contributed by atoms with E-state index >= 15 is 0 Å². The average Bonchev–Trinajstić information content (AvgIpc) is 2.49. The largest absolute Gasteiger partial charge is 0.445 e. The van der Waals surface area contributed by atoms with E-state index in [2.05, 4.69) is 13.0 Å². The van der Waals surface area contributed by atoms with E-state index in [4.69, 9.17) is 4.74 Å². The fourth-order valence-corrected chi connectivity index (χ4v) is 1.75. The molecular formula is C16H23NO2. The van der Waals surface area contributed by atoms with Crippen molar-refractivity contribution in [1.82, 2.24) is 4.90 Å². The molecule has 0 saturated carbocycles. The van der Waals surface area contributed by atoms with Crippen LogP contribution in [-0.4, -0.2) is 24.1 Å². The van der Waals surface area contributed by atoms with Crippen LogP contribution in [0.2, 0.25) is 0 Å². The van der Waals surface area contributed by atoms with Gasteiger partial charge in [-0.05, 0) is 18.9 Å². The van der Waals surface area contributed by atoms with Gasteiger partial charge in [0.25, 0.3) is 0 Å². The van der Waals surface area contributed by atoms with Gasteiger partial charge in [0.2, 0.25) is 0 Å². The predicted octanol–water partition coefficient (Wildman–Crippen LogP) is 4.00. The lowest BCUT2D eigenvalue weighted by molar-refractivity contribution is 0.0990. The average molecular weight is 261 g/mol. The standard InChI is InChI=1S/C14H17NO2.C2H6/c1-12-7-9-15(10-8-12)14(16)17-11-13-5-3-2-4-6-13;1-2/h2-7H,8-11H2,1H3;1-2H3. The summed E-state index contributed by atoms with van der Waals surface area (Å²) in [6.07, 6.45) is 2.80. The molecule has 1 aliphatic heterocycles. The normalized spacial score (nSPS) is 14.1. The number of rotatable bonds is 2. The van der Waals surface area contributed by atoms with Crippen molar-refractivity contribution < 1.29 is 9.53 Å². The van der Waals surface area contributed by atoms with Crippen molar-refractivity contribution in [2.45, 2.75) is 33.8 Å². The van der Waals surface area contributed by atoms with Crippen molar-refractivity contribution in [2.24, 2.45) is 0 Å². The Kier molecular flexibility index (Phi) is 6.72. The molecule has 19 heavy (non-hydrogen) atoms. The summed E-state index contributed by atoms with van der Waals surface area (Å²) in [6.45, 7) is 7.86. The van der Waals surface area contributed by atoms with E-state index in [1.165, 1.54) is 5.57 Å². The minimum atomic E-state index is -0.224. The van der Waals surface area contributed by atoms with Crippen LogP contribution in [0.15, 0.2) is 42.0 Å². The van der Waals surface area contributed by atoms with E-state index in [1.54, 1.807) is 4.90 Å². The Morgan fingerprint density at radius 3 is 2.53 bits per heavy atom. The molecule has 0 spiro atoms. The third kappa shape index (κ3) is 5.16. The fraction of sp³-hybridized carbons (Fsp3) is 0.438. The van der Waals surface area contributed by atoms with Crippen molar-refractivity contribution >= 4 is 6.09 Å². The predicted molar refractivity (Wildman–Crippen MR) is 77.9 cm³/mol. The van der Waals surface area contributed by atoms with Crippen molar-refractivity contribution in [3.05, 3.63) is 47.5 Å². The Bertz CT molecular complexity index is 412. The molecule has 0 atom stereocenters. The lowest BCUT2D eigenvalue weighted by Crippen LogP contribution is -2.34. The molecule has 1 aliphatic rings. The molecule has 0 radical (unpaired) electrons. The molecule has 0 unspecified atom stereocenters. The number of hydrogen-bond acceptors (Lipinski definition) is 2. The molecule has 1 heterocycles. The van der Waals surface area contributed by atoms with E-state index in [0.717, 1.165) is 18.5 Å². The van der Waals surface area contributed by atoms with Crippen LogP contribution in [0.1, 0.15) is 32.8 Å². The molecule has 1 aromatic rings. The summed E-state index contributed by atoms with van der Waals surface area (Å²) in [5, 5.41) is 0. The van der Waals surface area contributed by atoms with Gasteiger partial charge >= 0.3 is 6.09 Å². The number of carbonyl (C=O) groups excluding carboxylic acids is 1. The maximum atomic E-state index is 11.8. The number of carbonyl (C=O) groups is 1. The first-order valence-corrected chi connectivity index (χ1v) is 6.87. The summed E-state index contributed by atoms with van der Waals surface area (Å²) in [6, 6.07) is 9.73. The summed E-state index contributed by atoms with van der Waals surface area (Å²) in [5.74, 6) is 0. The summed E-state index contributed by atoms with van der Waals surface area (Å²) in [5.41, 5.74) is 2.36. The maximum absolute atomic E-state index is 11.8. The summed E-state index contributed by atoms with van der Waals surface area (Å²) in [7, 11) is 0. The Hall–Kier alpha value is -1.77. The zero-order chi connectivity index (χ0) is 14.1. The van der Waals surface area contributed by atoms with Crippen LogP contribution in [0.4, 0.5) is 4.79 Å². The van der Waals surface area contributed by atoms with E-state index < -0.39 is 0 Å². The summed E-state index contributed by atoms with van der Waals surface area (Å²) in [4.78, 5) is 13.5. The number of benzene rings is 1. The van der Waals surface area contributed by atoms with Crippen LogP contribution >= 0.6 is 0 Å². The summed E-state index contributed by atoms with van der Waals surface area (Å²) >= 11 is 0. The number of hydrogen-bond donors (Lipinski definition) is 0. The van der Waals surface area contributed by atoms with E-state index in [-0.39, 0.29) is 6.09 Å². The van der Waals surface area contributed by atoms with Gasteiger partial charge in [0.05, 0.1) is 0 Å². The quantitative estimate of drug-likeness (QED) is 0.753. The van der Waals surface area contributed by atoms with Crippen molar-refractivity contribution in [1.29, 1.82) is 0 Å². The molecular weight excluding hydrogens is 238 g/mol. The van der Waals surface area contributed by atoms with Crippen LogP contribution in [0, 0.1) is 0 Å². The number of amides is 1. The highest BCUT2D eigenvalue weighted by Crippen LogP contribution is 2.11. The van der Waals surface area contributed by atoms with Gasteiger partial charge in [-0.25, -0.2) is 4.79 Å². The van der Waals surface area contributed by atoms with Crippen molar-refractivity contribution in [2.75, 3.05) is 13.1 Å². The van der Waals surface area contributed by atoms with E-state index in [9.17, 15) is 4.79 Å². The second-order valence-electron chi connectivity index (χ2n) is 4.29. The molecule has 2 rings (SSSR count). The highest BCUT2D eigenvalue weighted by Gasteiger charge is 2.16. The van der Waals surface area contributed by atoms with Gasteiger partial charge in [0, 0.05) is 13.1 Å². The Morgan fingerprint density at radius 2 is 1.95 bits per heavy atom. The molecule has 0 aliphatic carbocycles. The zero-order valence-electron chi connectivity index (χ0n) is 12.1. The minimum Gasteiger partial charge on any atom is -0.445 e. The van der Waals surface area contributed by atoms with E-state index in [1.807, 2.05) is 44.2 Å². The first-order valence-electron chi connectivity index (χ1n) is 6.87. The van der Waals surface area contributed by atoms with Gasteiger partial charge in [-0.3, -0.25) is 0 Å². The van der Waals surface area contributed by atoms with Crippen LogP contribution in [0.3, 0.4) is 0 Å². The molecule has 0 fully saturated rings. The topological polar surface area (TPSA) is 29.5 Å². The second-order valence-corrected chi connectivity index (χ2v) is 4.29. The molecule has 0 bridgehead atoms. The SMILES string of the molecule is CC.CC1=CCN(C(=O)OCc2ccccc2)CC1. The van der Waals surface area contributed by atoms with Gasteiger partial charge in [0.1, 0.15) is 6.61 Å². The zero-order valence-corrected chi connectivity index (χ0v) is 12.1. The molecule has 0 saturated heterocycles. The van der Waals surface area contributed by atoms with Crippen molar-refractivity contribution in [3.8, 4) is 0 Å². The van der Waals surface area contributed by atoms with Crippen LogP contribution < -0.4 is 0 Å². The molecule has 0 N–H and O–H groups in total. The van der Waals surface area contributed by atoms with Gasteiger partial charge in [-0.1, -0.05) is 55.8 Å². The van der Waals surface area contributed by atoms with E-state index in [0.29, 0.717) is 13.2 Å². The Labute approximate surface area is 115 Å². The van der Waals surface area contributed by atoms with Crippen LogP contribution in [-0.2, 0) is 11.3 Å². The van der Waals surface area contributed by atoms with Crippen LogP contribution in [0.25, 0.3) is 0 Å². The number of nitrogens with zero attached hydrogens (tertiary/aromatic N) is 1. The third-order valence-corrected chi connectivity index (χ3v) is 2.90. The van der Waals surface area contributed by atoms with Gasteiger partial charge in [-0.15, -0.1) is 0 Å². The first-order chi connectivity index (χ1) is 9.25. The molecule has 0 aromatic heterocycles. The summed E-state index contributed by atoms with van der Waals surface area (Å²) < 4.78 is 5.26. The highest BCUT2D eigenvalue weighted by molar-refractivity contribution is 5.68. The first kappa shape index (κ1) is 15.3. The lowest BCUT2D eigenvalue weighted by atomic mass is 10.1. The Morgan fingerprint density at radius 1 is 1.26 bits per heavy atom. The second kappa shape index (κ2) is 8.35. The maximum Gasteiger partial charge on any atom is 0.410 e. The van der Waals surface area contributed by atoms with Gasteiger partial charge in [0.15, 0.2) is 0 Å². The molecule has 104 valence electrons. The fourth-order valence-electron chi connectivity index (χ4n) is 1.75. The van der Waals surface area contributed by atoms with Crippen molar-refractivity contribution in [3.63, 3.8) is 0 Å². The molecule has 3 heteroatoms. The molecule has 1 amide bonds. The Balaban J connectivity index is 0.000000861. The lowest BCUT2D eigenvalue weighted by Gasteiger charge is -2.24. The minimum absolute atomic E-state index is 0.224. The van der Waals surface area contributed by atoms with Gasteiger partial charge in [-0.2, -0.15) is 0 Å². The molecule has 1 aromatic carbocycles. The molecule has 3 nitrogen and oxygen atoms in total. The third-order valence-electron chi connectivity index (χ3n) is 2.90. The monoisotopic (exact) mass is 261 g/mol. The van der Waals surface area contributed by atoms with Gasteiger partial charge < -0.3 is 9.64 Å². The highest BCUT2D eigenvalue weighted by atomic mass is 16.6. The van der Waals surface area contributed by atoms with Crippen LogP contribution in [0.5, 0.6) is 0 Å². The smallest absolute Gasteiger partial charge is 0.410 e. The number of ether oxygens (including phenoxy) is 1.